The van der Waals surface area contributed by atoms with Gasteiger partial charge in [0, 0.05) is 11.1 Å². The highest BCUT2D eigenvalue weighted by Gasteiger charge is 2.25. The number of para-hydroxylation sites is 1. The Hall–Kier alpha value is -3.41. The van der Waals surface area contributed by atoms with Crippen LogP contribution >= 0.6 is 0 Å². The molecule has 0 spiro atoms. The number of fused-ring (bicyclic) bond motifs is 2. The van der Waals surface area contributed by atoms with Crippen LogP contribution in [-0.4, -0.2) is 37.6 Å². The summed E-state index contributed by atoms with van der Waals surface area (Å²) in [5.74, 6) is 0.0709. The fourth-order valence-electron chi connectivity index (χ4n) is 3.76. The summed E-state index contributed by atoms with van der Waals surface area (Å²) < 4.78 is 15.9. The summed E-state index contributed by atoms with van der Waals surface area (Å²) in [7, 11) is 3.00. The first kappa shape index (κ1) is 18.9. The molecule has 1 aromatic heterocycles. The molecule has 4 rings (SSSR count). The van der Waals surface area contributed by atoms with Gasteiger partial charge < -0.3 is 14.2 Å². The molecule has 0 amide bonds. The van der Waals surface area contributed by atoms with Crippen molar-refractivity contribution >= 4 is 22.7 Å². The number of pyridine rings is 1. The van der Waals surface area contributed by atoms with E-state index < -0.39 is 5.97 Å². The van der Waals surface area contributed by atoms with E-state index in [2.05, 4.69) is 4.98 Å². The van der Waals surface area contributed by atoms with Crippen molar-refractivity contribution < 1.29 is 23.8 Å². The van der Waals surface area contributed by atoms with E-state index in [0.29, 0.717) is 22.6 Å². The predicted octanol–water partition coefficient (Wildman–Crippen LogP) is 3.78. The Bertz CT molecular complexity index is 1110. The van der Waals surface area contributed by atoms with Gasteiger partial charge in [-0.1, -0.05) is 18.2 Å². The second-order valence-corrected chi connectivity index (χ2v) is 6.85. The van der Waals surface area contributed by atoms with Gasteiger partial charge in [0.25, 0.3) is 0 Å². The SMILES string of the molecule is COc1ccc(OC)c(C(=O)COC(=O)c2c3c(nc4ccccc24)CCC3)c1. The number of methoxy groups -OCH3 is 2. The lowest BCUT2D eigenvalue weighted by Crippen LogP contribution is -2.17. The molecule has 0 saturated heterocycles. The van der Waals surface area contributed by atoms with Gasteiger partial charge in [-0.25, -0.2) is 4.79 Å². The van der Waals surface area contributed by atoms with Gasteiger partial charge in [0.05, 0.1) is 30.9 Å². The molecular weight excluding hydrogens is 370 g/mol. The van der Waals surface area contributed by atoms with Gasteiger partial charge in [-0.05, 0) is 49.1 Å². The molecule has 6 heteroatoms. The molecule has 3 aromatic rings. The largest absolute Gasteiger partial charge is 0.497 e. The van der Waals surface area contributed by atoms with Crippen LogP contribution in [0.2, 0.25) is 0 Å². The molecule has 0 aliphatic heterocycles. The van der Waals surface area contributed by atoms with Gasteiger partial charge in [-0.3, -0.25) is 9.78 Å². The van der Waals surface area contributed by atoms with Crippen LogP contribution < -0.4 is 9.47 Å². The molecule has 0 unspecified atom stereocenters. The number of Topliss-reactive ketones (excluding diaryl/α,β-unsaturated/α-hetero) is 1. The highest BCUT2D eigenvalue weighted by molar-refractivity contribution is 6.07. The quantitative estimate of drug-likeness (QED) is 0.470. The smallest absolute Gasteiger partial charge is 0.339 e. The van der Waals surface area contributed by atoms with Crippen molar-refractivity contribution in [1.29, 1.82) is 0 Å². The maximum atomic E-state index is 13.0. The van der Waals surface area contributed by atoms with Crippen LogP contribution in [-0.2, 0) is 17.6 Å². The van der Waals surface area contributed by atoms with Gasteiger partial charge in [0.2, 0.25) is 5.78 Å². The monoisotopic (exact) mass is 391 g/mol. The van der Waals surface area contributed by atoms with E-state index in [0.717, 1.165) is 41.4 Å². The minimum atomic E-state index is -0.503. The molecule has 6 nitrogen and oxygen atoms in total. The summed E-state index contributed by atoms with van der Waals surface area (Å²) in [5, 5.41) is 0.754. The maximum Gasteiger partial charge on any atom is 0.339 e. The number of rotatable bonds is 6. The molecule has 148 valence electrons. The lowest BCUT2D eigenvalue weighted by atomic mass is 10.0. The van der Waals surface area contributed by atoms with Crippen LogP contribution in [0.3, 0.4) is 0 Å². The summed E-state index contributed by atoms with van der Waals surface area (Å²) in [5.41, 5.74) is 3.47. The van der Waals surface area contributed by atoms with E-state index in [9.17, 15) is 9.59 Å². The van der Waals surface area contributed by atoms with Crippen molar-refractivity contribution in [3.8, 4) is 11.5 Å². The predicted molar refractivity (Wildman–Crippen MR) is 108 cm³/mol. The lowest BCUT2D eigenvalue weighted by molar-refractivity contribution is 0.0474. The van der Waals surface area contributed by atoms with Crippen LogP contribution in [0.5, 0.6) is 11.5 Å². The van der Waals surface area contributed by atoms with E-state index in [-0.39, 0.29) is 12.4 Å². The number of esters is 1. The van der Waals surface area contributed by atoms with E-state index in [4.69, 9.17) is 14.2 Å². The number of ether oxygens (including phenoxy) is 3. The number of ketones is 1. The average Bonchev–Trinajstić information content (AvgIpc) is 3.22. The first-order chi connectivity index (χ1) is 14.1. The molecule has 0 saturated carbocycles. The molecule has 0 atom stereocenters. The number of carbonyl (C=O) groups is 2. The fraction of sp³-hybridized carbons (Fsp3) is 0.261. The van der Waals surface area contributed by atoms with Crippen molar-refractivity contribution in [1.82, 2.24) is 4.98 Å². The summed E-state index contributed by atoms with van der Waals surface area (Å²) in [6, 6.07) is 12.4. The van der Waals surface area contributed by atoms with Crippen LogP contribution in [0.4, 0.5) is 0 Å². The highest BCUT2D eigenvalue weighted by Crippen LogP contribution is 2.31. The normalized spacial score (nSPS) is 12.5. The molecular formula is C23H21NO5. The van der Waals surface area contributed by atoms with Crippen LogP contribution in [0.15, 0.2) is 42.5 Å². The Labute approximate surface area is 168 Å². The van der Waals surface area contributed by atoms with Crippen molar-refractivity contribution in [3.05, 3.63) is 64.8 Å². The summed E-state index contributed by atoms with van der Waals surface area (Å²) >= 11 is 0. The number of hydrogen-bond acceptors (Lipinski definition) is 6. The van der Waals surface area contributed by atoms with Gasteiger partial charge in [0.1, 0.15) is 11.5 Å². The topological polar surface area (TPSA) is 74.7 Å². The lowest BCUT2D eigenvalue weighted by Gasteiger charge is -2.13. The van der Waals surface area contributed by atoms with Crippen LogP contribution in [0.25, 0.3) is 10.9 Å². The van der Waals surface area contributed by atoms with Crippen molar-refractivity contribution in [2.75, 3.05) is 20.8 Å². The van der Waals surface area contributed by atoms with Crippen molar-refractivity contribution in [2.45, 2.75) is 19.3 Å². The van der Waals surface area contributed by atoms with Gasteiger partial charge in [-0.2, -0.15) is 0 Å². The molecule has 0 fully saturated rings. The average molecular weight is 391 g/mol. The Morgan fingerprint density at radius 3 is 2.66 bits per heavy atom. The summed E-state index contributed by atoms with van der Waals surface area (Å²) in [4.78, 5) is 30.4. The third-order valence-electron chi connectivity index (χ3n) is 5.16. The van der Waals surface area contributed by atoms with Gasteiger partial charge >= 0.3 is 5.97 Å². The second-order valence-electron chi connectivity index (χ2n) is 6.85. The molecule has 29 heavy (non-hydrogen) atoms. The Balaban J connectivity index is 1.61. The maximum absolute atomic E-state index is 13.0. The zero-order chi connectivity index (χ0) is 20.4. The first-order valence-corrected chi connectivity index (χ1v) is 9.45. The minimum absolute atomic E-state index is 0.310. The van der Waals surface area contributed by atoms with Gasteiger partial charge in [-0.15, -0.1) is 0 Å². The first-order valence-electron chi connectivity index (χ1n) is 9.45. The molecule has 1 aliphatic carbocycles. The summed E-state index contributed by atoms with van der Waals surface area (Å²) in [6.45, 7) is -0.381. The molecule has 0 radical (unpaired) electrons. The number of benzene rings is 2. The molecule has 2 aromatic carbocycles. The number of nitrogens with zero attached hydrogens (tertiary/aromatic N) is 1. The fourth-order valence-corrected chi connectivity index (χ4v) is 3.76. The van der Waals surface area contributed by atoms with E-state index >= 15 is 0 Å². The Morgan fingerprint density at radius 1 is 1.03 bits per heavy atom. The molecule has 1 aliphatic rings. The minimum Gasteiger partial charge on any atom is -0.497 e. The van der Waals surface area contributed by atoms with E-state index in [1.165, 1.54) is 14.2 Å². The van der Waals surface area contributed by atoms with E-state index in [1.54, 1.807) is 18.2 Å². The Kier molecular flexibility index (Phi) is 5.16. The summed E-state index contributed by atoms with van der Waals surface area (Å²) in [6.07, 6.45) is 2.59. The number of carbonyl (C=O) groups excluding carboxylic acids is 2. The third-order valence-corrected chi connectivity index (χ3v) is 5.16. The number of aromatic nitrogens is 1. The standard InChI is InChI=1S/C23H21NO5/c1-27-14-10-11-21(28-2)17(12-14)20(25)13-29-23(26)22-15-6-3-4-8-18(15)24-19-9-5-7-16(19)22/h3-4,6,8,10-12H,5,7,9,13H2,1-2H3. The third kappa shape index (κ3) is 3.53. The zero-order valence-electron chi connectivity index (χ0n) is 16.4. The highest BCUT2D eigenvalue weighted by atomic mass is 16.5. The van der Waals surface area contributed by atoms with Gasteiger partial charge in [0.15, 0.2) is 6.61 Å². The molecule has 0 bridgehead atoms. The van der Waals surface area contributed by atoms with Crippen molar-refractivity contribution in [2.24, 2.45) is 0 Å². The number of hydrogen-bond donors (Lipinski definition) is 0. The Morgan fingerprint density at radius 2 is 1.86 bits per heavy atom. The molecule has 1 heterocycles. The van der Waals surface area contributed by atoms with Crippen LogP contribution in [0, 0.1) is 0 Å². The second kappa shape index (κ2) is 7.91. The zero-order valence-corrected chi connectivity index (χ0v) is 16.4. The molecule has 0 N–H and O–H groups in total. The van der Waals surface area contributed by atoms with E-state index in [1.807, 2.05) is 24.3 Å². The van der Waals surface area contributed by atoms with Crippen LogP contribution in [0.1, 0.15) is 38.4 Å². The van der Waals surface area contributed by atoms with Crippen molar-refractivity contribution in [3.63, 3.8) is 0 Å². The number of aryl methyl sites for hydroxylation is 1.